The Morgan fingerprint density at radius 2 is 1.23 bits per heavy atom. The fourth-order valence-corrected chi connectivity index (χ4v) is 8.44. The summed E-state index contributed by atoms with van der Waals surface area (Å²) in [5.74, 6) is -3.18. The Kier molecular flexibility index (Phi) is 15.0. The number of rotatable bonds is 14. The van der Waals surface area contributed by atoms with Crippen LogP contribution in [0, 0.1) is 5.92 Å². The van der Waals surface area contributed by atoms with Crippen molar-refractivity contribution in [1.82, 2.24) is 24.9 Å². The van der Waals surface area contributed by atoms with Crippen molar-refractivity contribution in [1.29, 1.82) is 0 Å². The Bertz CT molecular complexity index is 1670. The number of nitrogens with zero attached hydrogens (tertiary/aromatic N) is 4. The van der Waals surface area contributed by atoms with Gasteiger partial charge in [-0.15, -0.1) is 0 Å². The molecule has 0 aliphatic carbocycles. The predicted octanol–water partition coefficient (Wildman–Crippen LogP) is 3.38. The van der Waals surface area contributed by atoms with Crippen molar-refractivity contribution in [2.45, 2.75) is 127 Å². The third-order valence-electron chi connectivity index (χ3n) is 12.0. The second-order valence-electron chi connectivity index (χ2n) is 15.8. The van der Waals surface area contributed by atoms with Crippen LogP contribution in [0.5, 0.6) is 0 Å². The summed E-state index contributed by atoms with van der Waals surface area (Å²) in [6.45, 7) is 4.81. The fourth-order valence-electron chi connectivity index (χ4n) is 8.44. The van der Waals surface area contributed by atoms with E-state index in [1.807, 2.05) is 74.5 Å². The molecule has 304 valence electrons. The lowest BCUT2D eigenvalue weighted by Crippen LogP contribution is -2.63. The van der Waals surface area contributed by atoms with Gasteiger partial charge in [-0.2, -0.15) is 0 Å². The van der Waals surface area contributed by atoms with Gasteiger partial charge in [0.2, 0.25) is 29.5 Å². The molecular formula is C43H60N6O7. The van der Waals surface area contributed by atoms with Gasteiger partial charge in [-0.05, 0) is 81.3 Å². The van der Waals surface area contributed by atoms with E-state index in [0.29, 0.717) is 83.8 Å². The molecule has 7 atom stereocenters. The molecule has 0 aromatic heterocycles. The van der Waals surface area contributed by atoms with Crippen molar-refractivity contribution < 1.29 is 33.9 Å². The number of carbonyl (C=O) groups excluding carboxylic acids is 5. The first-order chi connectivity index (χ1) is 26.9. The largest absolute Gasteiger partial charge is 0.480 e. The third kappa shape index (κ3) is 10.1. The number of nitrogens with two attached hydrogens (primary N) is 1. The molecule has 0 saturated carbocycles. The van der Waals surface area contributed by atoms with Gasteiger partial charge in [0.05, 0.1) is 6.04 Å². The number of carbonyl (C=O) groups is 6. The molecule has 3 saturated heterocycles. The van der Waals surface area contributed by atoms with E-state index in [1.165, 1.54) is 9.80 Å². The minimum absolute atomic E-state index is 0.189. The molecule has 0 spiro atoms. The quantitative estimate of drug-likeness (QED) is 0.262. The minimum atomic E-state index is -1.06. The first kappa shape index (κ1) is 42.4. The van der Waals surface area contributed by atoms with E-state index in [0.717, 1.165) is 17.5 Å². The average Bonchev–Trinajstić information content (AvgIpc) is 3.23. The SMILES string of the molecule is CCC(C)[C@H](NC(=O)[C@H](N)Cc1ccccc1)C(=O)N1CCCC[C@@H]1C(=O)N1CCCC[C@H]1C(=O)N(C)[C@H](Cc1ccccc1)C(=O)N1CCCC[C@H]1C(=O)O. The van der Waals surface area contributed by atoms with E-state index in [4.69, 9.17) is 5.73 Å². The topological polar surface area (TPSA) is 174 Å². The number of likely N-dealkylation sites (tertiary alicyclic amines) is 3. The second kappa shape index (κ2) is 19.9. The maximum atomic E-state index is 14.7. The van der Waals surface area contributed by atoms with E-state index in [1.54, 1.807) is 16.8 Å². The summed E-state index contributed by atoms with van der Waals surface area (Å²) >= 11 is 0. The first-order valence-corrected chi connectivity index (χ1v) is 20.5. The summed E-state index contributed by atoms with van der Waals surface area (Å²) in [6, 6.07) is 13.4. The molecule has 3 aliphatic rings. The van der Waals surface area contributed by atoms with Crippen LogP contribution in [0.15, 0.2) is 60.7 Å². The molecule has 3 heterocycles. The van der Waals surface area contributed by atoms with Gasteiger partial charge in [-0.3, -0.25) is 24.0 Å². The molecule has 5 amide bonds. The molecule has 0 bridgehead atoms. The van der Waals surface area contributed by atoms with Crippen LogP contribution in [0.3, 0.4) is 0 Å². The van der Waals surface area contributed by atoms with Crippen LogP contribution in [-0.2, 0) is 41.6 Å². The molecule has 1 unspecified atom stereocenters. The van der Waals surface area contributed by atoms with Gasteiger partial charge < -0.3 is 35.8 Å². The lowest BCUT2D eigenvalue weighted by molar-refractivity contribution is -0.160. The number of hydrogen-bond donors (Lipinski definition) is 3. The summed E-state index contributed by atoms with van der Waals surface area (Å²) in [6.07, 6.45) is 6.47. The van der Waals surface area contributed by atoms with Crippen LogP contribution in [-0.4, -0.2) is 123 Å². The van der Waals surface area contributed by atoms with Crippen molar-refractivity contribution >= 4 is 35.5 Å². The number of hydrogen-bond acceptors (Lipinski definition) is 7. The van der Waals surface area contributed by atoms with Crippen molar-refractivity contribution in [2.24, 2.45) is 11.7 Å². The smallest absolute Gasteiger partial charge is 0.326 e. The van der Waals surface area contributed by atoms with Crippen LogP contribution in [0.4, 0.5) is 0 Å². The monoisotopic (exact) mass is 772 g/mol. The fraction of sp³-hybridized carbons (Fsp3) is 0.581. The van der Waals surface area contributed by atoms with E-state index < -0.39 is 54.0 Å². The lowest BCUT2D eigenvalue weighted by Gasteiger charge is -2.44. The molecule has 13 nitrogen and oxygen atoms in total. The number of nitrogens with one attached hydrogen (secondary N) is 1. The molecular weight excluding hydrogens is 713 g/mol. The maximum Gasteiger partial charge on any atom is 0.326 e. The summed E-state index contributed by atoms with van der Waals surface area (Å²) < 4.78 is 0. The van der Waals surface area contributed by atoms with Gasteiger partial charge in [0, 0.05) is 33.1 Å². The predicted molar refractivity (Wildman–Crippen MR) is 212 cm³/mol. The third-order valence-corrected chi connectivity index (χ3v) is 12.0. The Labute approximate surface area is 330 Å². The molecule has 0 radical (unpaired) electrons. The van der Waals surface area contributed by atoms with Gasteiger partial charge in [-0.1, -0.05) is 80.9 Å². The van der Waals surface area contributed by atoms with Crippen LogP contribution in [0.2, 0.25) is 0 Å². The lowest BCUT2D eigenvalue weighted by atomic mass is 9.92. The second-order valence-corrected chi connectivity index (χ2v) is 15.8. The van der Waals surface area contributed by atoms with Gasteiger partial charge >= 0.3 is 5.97 Å². The van der Waals surface area contributed by atoms with Crippen LogP contribution < -0.4 is 11.1 Å². The number of carboxylic acid groups (broad SMARTS) is 1. The van der Waals surface area contributed by atoms with Crippen molar-refractivity contribution in [3.63, 3.8) is 0 Å². The van der Waals surface area contributed by atoms with Gasteiger partial charge in [0.25, 0.3) is 0 Å². The van der Waals surface area contributed by atoms with Gasteiger partial charge in [-0.25, -0.2) is 4.79 Å². The number of piperidine rings is 3. The molecule has 2 aromatic rings. The number of benzene rings is 2. The summed E-state index contributed by atoms with van der Waals surface area (Å²) in [5, 5.41) is 12.9. The Morgan fingerprint density at radius 1 is 0.732 bits per heavy atom. The highest BCUT2D eigenvalue weighted by Crippen LogP contribution is 2.28. The van der Waals surface area contributed by atoms with Gasteiger partial charge in [0.1, 0.15) is 30.2 Å². The van der Waals surface area contributed by atoms with E-state index >= 15 is 0 Å². The van der Waals surface area contributed by atoms with Crippen molar-refractivity contribution in [3.8, 4) is 0 Å². The highest BCUT2D eigenvalue weighted by Gasteiger charge is 2.45. The molecule has 56 heavy (non-hydrogen) atoms. The minimum Gasteiger partial charge on any atom is -0.480 e. The molecule has 3 aliphatic heterocycles. The van der Waals surface area contributed by atoms with Crippen LogP contribution in [0.1, 0.15) is 89.2 Å². The zero-order valence-electron chi connectivity index (χ0n) is 33.2. The summed E-state index contributed by atoms with van der Waals surface area (Å²) in [4.78, 5) is 89.6. The molecule has 13 heteroatoms. The molecule has 2 aromatic carbocycles. The average molecular weight is 773 g/mol. The number of amides is 5. The normalized spacial score (nSPS) is 22.3. The molecule has 3 fully saturated rings. The van der Waals surface area contributed by atoms with E-state index in [9.17, 15) is 33.9 Å². The Hall–Kier alpha value is -4.78. The Morgan fingerprint density at radius 3 is 1.79 bits per heavy atom. The molecule has 4 N–H and O–H groups in total. The maximum absolute atomic E-state index is 14.7. The zero-order valence-corrected chi connectivity index (χ0v) is 33.2. The zero-order chi connectivity index (χ0) is 40.4. The van der Waals surface area contributed by atoms with E-state index in [-0.39, 0.29) is 30.1 Å². The van der Waals surface area contributed by atoms with E-state index in [2.05, 4.69) is 5.32 Å². The summed E-state index contributed by atoms with van der Waals surface area (Å²) in [7, 11) is 1.57. The number of likely N-dealkylation sites (N-methyl/N-ethyl adjacent to an activating group) is 1. The summed E-state index contributed by atoms with van der Waals surface area (Å²) in [5.41, 5.74) is 8.05. The van der Waals surface area contributed by atoms with Gasteiger partial charge in [0.15, 0.2) is 0 Å². The van der Waals surface area contributed by atoms with Crippen LogP contribution in [0.25, 0.3) is 0 Å². The first-order valence-electron chi connectivity index (χ1n) is 20.5. The molecule has 5 rings (SSSR count). The number of carboxylic acids is 1. The highest BCUT2D eigenvalue weighted by atomic mass is 16.4. The number of aliphatic carboxylic acids is 1. The highest BCUT2D eigenvalue weighted by molar-refractivity contribution is 5.97. The van der Waals surface area contributed by atoms with Crippen molar-refractivity contribution in [2.75, 3.05) is 26.7 Å². The van der Waals surface area contributed by atoms with Crippen LogP contribution >= 0.6 is 0 Å². The Balaban J connectivity index is 1.36. The van der Waals surface area contributed by atoms with Crippen molar-refractivity contribution in [3.05, 3.63) is 71.8 Å². The standard InChI is InChI=1S/C43H60N6O7/c1-4-29(2)37(45-38(50)32(44)27-30-17-7-5-8-18-30)42(54)48-25-15-12-22-34(48)40(52)47-24-14-11-21-33(47)39(51)46(3)36(28-31-19-9-6-10-20-31)41(53)49-26-16-13-23-35(49)43(55)56/h5-10,17-20,29,32-37H,4,11-16,21-28,44H2,1-3H3,(H,45,50)(H,55,56)/t29?,32-,33+,34-,35+,36-,37+/m1/s1.